The molecule has 2 aliphatic heterocycles. The molecular weight excluding hydrogens is 152 g/mol. The third kappa shape index (κ3) is 1.39. The van der Waals surface area contributed by atoms with Gasteiger partial charge in [0.15, 0.2) is 0 Å². The first-order valence-corrected chi connectivity index (χ1v) is 4.81. The van der Waals surface area contributed by atoms with Crippen LogP contribution in [0.25, 0.3) is 0 Å². The third-order valence-electron chi connectivity index (χ3n) is 3.17. The quantitative estimate of drug-likeness (QED) is 0.532. The molecule has 2 heterocycles. The Morgan fingerprint density at radius 3 is 3.00 bits per heavy atom. The molecule has 0 radical (unpaired) electrons. The van der Waals surface area contributed by atoms with Crippen molar-refractivity contribution in [1.29, 1.82) is 0 Å². The summed E-state index contributed by atoms with van der Waals surface area (Å²) < 4.78 is 0. The van der Waals surface area contributed by atoms with Crippen LogP contribution in [0, 0.1) is 11.8 Å². The molecule has 12 heavy (non-hydrogen) atoms. The van der Waals surface area contributed by atoms with Crippen molar-refractivity contribution in [3.63, 3.8) is 0 Å². The zero-order chi connectivity index (χ0) is 8.39. The highest BCUT2D eigenvalue weighted by molar-refractivity contribution is 5.58. The molecule has 2 saturated heterocycles. The fraction of sp³-hybridized carbons (Fsp3) is 0.889. The number of carbonyl (C=O) groups is 1. The van der Waals surface area contributed by atoms with Crippen LogP contribution in [0.15, 0.2) is 0 Å². The lowest BCUT2D eigenvalue weighted by Gasteiger charge is -2.39. The molecule has 2 N–H and O–H groups in total. The van der Waals surface area contributed by atoms with Gasteiger partial charge in [0.1, 0.15) is 6.29 Å². The highest BCUT2D eigenvalue weighted by atomic mass is 16.1. The Labute approximate surface area is 72.9 Å². The van der Waals surface area contributed by atoms with Gasteiger partial charge >= 0.3 is 0 Å². The van der Waals surface area contributed by atoms with E-state index in [1.54, 1.807) is 0 Å². The van der Waals surface area contributed by atoms with Crippen molar-refractivity contribution in [2.45, 2.75) is 18.9 Å². The van der Waals surface area contributed by atoms with E-state index in [9.17, 15) is 4.79 Å². The van der Waals surface area contributed by atoms with E-state index in [4.69, 9.17) is 0 Å². The maximum absolute atomic E-state index is 10.7. The Morgan fingerprint density at radius 1 is 1.25 bits per heavy atom. The molecule has 2 aliphatic rings. The third-order valence-corrected chi connectivity index (χ3v) is 3.17. The molecule has 3 heteroatoms. The van der Waals surface area contributed by atoms with Gasteiger partial charge in [-0.25, -0.2) is 0 Å². The van der Waals surface area contributed by atoms with Gasteiger partial charge < -0.3 is 15.4 Å². The minimum absolute atomic E-state index is 0.130. The summed E-state index contributed by atoms with van der Waals surface area (Å²) in [7, 11) is 0. The van der Waals surface area contributed by atoms with Crippen molar-refractivity contribution in [3.8, 4) is 0 Å². The molecule has 3 nitrogen and oxygen atoms in total. The molecule has 0 aromatic rings. The van der Waals surface area contributed by atoms with Gasteiger partial charge in [-0.15, -0.1) is 0 Å². The second-order valence-corrected chi connectivity index (χ2v) is 3.82. The van der Waals surface area contributed by atoms with Gasteiger partial charge in [0.2, 0.25) is 0 Å². The van der Waals surface area contributed by atoms with Crippen LogP contribution in [-0.2, 0) is 4.79 Å². The number of aldehydes is 1. The molecular formula is C9H16N2O. The smallest absolute Gasteiger partial charge is 0.137 e. The summed E-state index contributed by atoms with van der Waals surface area (Å²) in [6, 6.07) is 0.130. The summed E-state index contributed by atoms with van der Waals surface area (Å²) in [6.45, 7) is 3.19. The average Bonchev–Trinajstić information content (AvgIpc) is 2.17. The second-order valence-electron chi connectivity index (χ2n) is 3.82. The number of hydrogen-bond donors (Lipinski definition) is 2. The van der Waals surface area contributed by atoms with Gasteiger partial charge in [-0.1, -0.05) is 0 Å². The number of fused-ring (bicyclic) bond motifs is 1. The molecule has 0 aromatic heterocycles. The van der Waals surface area contributed by atoms with E-state index in [1.807, 2.05) is 0 Å². The first kappa shape index (κ1) is 8.20. The average molecular weight is 168 g/mol. The van der Waals surface area contributed by atoms with Gasteiger partial charge in [-0.3, -0.25) is 0 Å². The van der Waals surface area contributed by atoms with Gasteiger partial charge in [-0.05, 0) is 44.3 Å². The SMILES string of the molecule is O=CC1NCCC2CNCCC21. The maximum Gasteiger partial charge on any atom is 0.137 e. The van der Waals surface area contributed by atoms with Gasteiger partial charge in [-0.2, -0.15) is 0 Å². The Hall–Kier alpha value is -0.410. The lowest BCUT2D eigenvalue weighted by molar-refractivity contribution is -0.112. The minimum Gasteiger partial charge on any atom is -0.316 e. The van der Waals surface area contributed by atoms with E-state index in [2.05, 4.69) is 10.6 Å². The molecule has 2 fully saturated rings. The fourth-order valence-electron chi connectivity index (χ4n) is 2.47. The lowest BCUT2D eigenvalue weighted by Crippen LogP contribution is -2.52. The maximum atomic E-state index is 10.7. The van der Waals surface area contributed by atoms with Crippen LogP contribution in [0.2, 0.25) is 0 Å². The summed E-state index contributed by atoms with van der Waals surface area (Å²) in [5.74, 6) is 1.33. The van der Waals surface area contributed by atoms with Crippen LogP contribution in [0.3, 0.4) is 0 Å². The molecule has 3 unspecified atom stereocenters. The Bertz CT molecular complexity index is 170. The van der Waals surface area contributed by atoms with Crippen molar-refractivity contribution in [2.75, 3.05) is 19.6 Å². The molecule has 0 bridgehead atoms. The van der Waals surface area contributed by atoms with Crippen molar-refractivity contribution < 1.29 is 4.79 Å². The van der Waals surface area contributed by atoms with Crippen molar-refractivity contribution in [3.05, 3.63) is 0 Å². The van der Waals surface area contributed by atoms with E-state index < -0.39 is 0 Å². The molecule has 68 valence electrons. The highest BCUT2D eigenvalue weighted by Crippen LogP contribution is 2.27. The number of carbonyl (C=O) groups excluding carboxylic acids is 1. The zero-order valence-electron chi connectivity index (χ0n) is 7.25. The molecule has 2 rings (SSSR count). The summed E-state index contributed by atoms with van der Waals surface area (Å²) >= 11 is 0. The minimum atomic E-state index is 0.130. The van der Waals surface area contributed by atoms with Crippen LogP contribution in [0.1, 0.15) is 12.8 Å². The van der Waals surface area contributed by atoms with Crippen molar-refractivity contribution in [1.82, 2.24) is 10.6 Å². The van der Waals surface area contributed by atoms with Gasteiger partial charge in [0.25, 0.3) is 0 Å². The first-order valence-electron chi connectivity index (χ1n) is 4.81. The standard InChI is InChI=1S/C9H16N2O/c12-6-9-8-2-3-10-5-7(8)1-4-11-9/h6-11H,1-5H2. The highest BCUT2D eigenvalue weighted by Gasteiger charge is 2.34. The number of nitrogens with one attached hydrogen (secondary N) is 2. The van der Waals surface area contributed by atoms with E-state index in [0.29, 0.717) is 5.92 Å². The normalized spacial score (nSPS) is 41.8. The van der Waals surface area contributed by atoms with Gasteiger partial charge in [0, 0.05) is 0 Å². The summed E-state index contributed by atoms with van der Waals surface area (Å²) in [5.41, 5.74) is 0. The number of rotatable bonds is 1. The molecule has 0 aliphatic carbocycles. The molecule has 3 atom stereocenters. The van der Waals surface area contributed by atoms with Crippen LogP contribution < -0.4 is 10.6 Å². The number of piperidine rings is 2. The predicted molar refractivity (Wildman–Crippen MR) is 46.9 cm³/mol. The molecule has 0 saturated carbocycles. The summed E-state index contributed by atoms with van der Waals surface area (Å²) in [5, 5.41) is 6.66. The Kier molecular flexibility index (Phi) is 2.42. The molecule has 0 aromatic carbocycles. The van der Waals surface area contributed by atoms with E-state index >= 15 is 0 Å². The van der Waals surface area contributed by atoms with Crippen molar-refractivity contribution >= 4 is 6.29 Å². The zero-order valence-corrected chi connectivity index (χ0v) is 7.25. The van der Waals surface area contributed by atoms with E-state index in [-0.39, 0.29) is 6.04 Å². The second kappa shape index (κ2) is 3.54. The van der Waals surface area contributed by atoms with E-state index in [0.717, 1.165) is 38.3 Å². The molecule has 0 amide bonds. The predicted octanol–water partition coefficient (Wildman–Crippen LogP) is -0.227. The van der Waals surface area contributed by atoms with Crippen LogP contribution in [0.4, 0.5) is 0 Å². The topological polar surface area (TPSA) is 41.1 Å². The Morgan fingerprint density at radius 2 is 2.17 bits per heavy atom. The summed E-state index contributed by atoms with van der Waals surface area (Å²) in [6.07, 6.45) is 3.46. The van der Waals surface area contributed by atoms with Crippen LogP contribution >= 0.6 is 0 Å². The number of hydrogen-bond acceptors (Lipinski definition) is 3. The fourth-order valence-corrected chi connectivity index (χ4v) is 2.47. The van der Waals surface area contributed by atoms with Crippen LogP contribution in [-0.4, -0.2) is 32.0 Å². The molecule has 0 spiro atoms. The van der Waals surface area contributed by atoms with E-state index in [1.165, 1.54) is 6.42 Å². The van der Waals surface area contributed by atoms with Crippen LogP contribution in [0.5, 0.6) is 0 Å². The Balaban J connectivity index is 2.03. The lowest BCUT2D eigenvalue weighted by atomic mass is 9.77. The summed E-state index contributed by atoms with van der Waals surface area (Å²) in [4.78, 5) is 10.7. The van der Waals surface area contributed by atoms with Gasteiger partial charge in [0.05, 0.1) is 6.04 Å². The van der Waals surface area contributed by atoms with Crippen molar-refractivity contribution in [2.24, 2.45) is 11.8 Å². The largest absolute Gasteiger partial charge is 0.316 e. The monoisotopic (exact) mass is 168 g/mol. The first-order chi connectivity index (χ1) is 5.92.